The highest BCUT2D eigenvalue weighted by molar-refractivity contribution is 7.93. The lowest BCUT2D eigenvalue weighted by Crippen LogP contribution is -2.48. The van der Waals surface area contributed by atoms with Gasteiger partial charge in [-0.2, -0.15) is 0 Å². The van der Waals surface area contributed by atoms with Crippen LogP contribution in [-0.2, 0) is 10.0 Å². The molecule has 0 atom stereocenters. The second-order valence-electron chi connectivity index (χ2n) is 8.45. The minimum absolute atomic E-state index is 0.0601. The Morgan fingerprint density at radius 3 is 2.40 bits per heavy atom. The average molecular weight is 488 g/mol. The number of rotatable bonds is 5. The third kappa shape index (κ3) is 4.67. The van der Waals surface area contributed by atoms with E-state index in [0.29, 0.717) is 35.4 Å². The zero-order valence-corrected chi connectivity index (χ0v) is 20.1. The lowest BCUT2D eigenvalue weighted by molar-refractivity contribution is 0.0746. The number of pyridine rings is 2. The number of carbonyl (C=O) groups excluding carboxylic acids is 1. The molecule has 1 fully saturated rings. The molecule has 5 rings (SSSR count). The summed E-state index contributed by atoms with van der Waals surface area (Å²) in [5, 5.41) is 0.747. The Kier molecular flexibility index (Phi) is 6.08. The smallest absolute Gasteiger partial charge is 0.264 e. The van der Waals surface area contributed by atoms with E-state index in [1.54, 1.807) is 55.8 Å². The molecule has 9 heteroatoms. The van der Waals surface area contributed by atoms with E-state index in [1.807, 2.05) is 29.2 Å². The number of carbonyl (C=O) groups is 1. The van der Waals surface area contributed by atoms with Gasteiger partial charge in [0.05, 0.1) is 11.2 Å². The number of aromatic nitrogens is 2. The molecule has 1 saturated heterocycles. The quantitative estimate of drug-likeness (QED) is 0.461. The van der Waals surface area contributed by atoms with E-state index in [0.717, 1.165) is 24.2 Å². The third-order valence-corrected chi connectivity index (χ3v) is 7.59. The summed E-state index contributed by atoms with van der Waals surface area (Å²) < 4.78 is 29.0. The molecule has 178 valence electrons. The van der Waals surface area contributed by atoms with E-state index in [9.17, 15) is 13.2 Å². The number of nitrogens with one attached hydrogen (secondary N) is 1. The Bertz CT molecular complexity index is 1480. The number of para-hydroxylation sites is 1. The molecule has 35 heavy (non-hydrogen) atoms. The maximum atomic E-state index is 13.1. The van der Waals surface area contributed by atoms with Gasteiger partial charge in [0, 0.05) is 61.4 Å². The number of amides is 1. The number of anilines is 2. The molecule has 1 N–H and O–H groups in total. The summed E-state index contributed by atoms with van der Waals surface area (Å²) in [6.45, 7) is 4.50. The van der Waals surface area contributed by atoms with Gasteiger partial charge < -0.3 is 9.80 Å². The number of nitrogens with zero attached hydrogens (tertiary/aromatic N) is 4. The highest BCUT2D eigenvalue weighted by Crippen LogP contribution is 2.26. The van der Waals surface area contributed by atoms with Crippen molar-refractivity contribution < 1.29 is 13.2 Å². The summed E-state index contributed by atoms with van der Waals surface area (Å²) in [4.78, 5) is 25.6. The van der Waals surface area contributed by atoms with Crippen LogP contribution < -0.4 is 9.62 Å². The van der Waals surface area contributed by atoms with Gasteiger partial charge in [0.25, 0.3) is 15.9 Å². The van der Waals surface area contributed by atoms with Gasteiger partial charge in [-0.3, -0.25) is 19.5 Å². The van der Waals surface area contributed by atoms with E-state index >= 15 is 0 Å². The first-order valence-electron chi connectivity index (χ1n) is 11.3. The number of hydrogen-bond acceptors (Lipinski definition) is 6. The Morgan fingerprint density at radius 2 is 1.66 bits per heavy atom. The molecular formula is C26H25N5O3S. The molecule has 0 aliphatic carbocycles. The standard InChI is InChI=1S/C26H25N5O3S/c1-19-18-21(26(32)31-16-14-30(15-17-31)22-9-12-27-13-10-22)7-8-23(19)29-35(33,34)24-6-2-4-20-5-3-11-28-25(20)24/h2-13,18,29H,14-17H2,1H3. The molecule has 4 aromatic rings. The van der Waals surface area contributed by atoms with Crippen LogP contribution in [0.1, 0.15) is 15.9 Å². The molecule has 1 aliphatic heterocycles. The largest absolute Gasteiger partial charge is 0.368 e. The van der Waals surface area contributed by atoms with Crippen molar-refractivity contribution in [1.29, 1.82) is 0 Å². The minimum atomic E-state index is -3.87. The van der Waals surface area contributed by atoms with Gasteiger partial charge in [0.2, 0.25) is 0 Å². The van der Waals surface area contributed by atoms with Crippen molar-refractivity contribution in [1.82, 2.24) is 14.9 Å². The van der Waals surface area contributed by atoms with Crippen molar-refractivity contribution >= 4 is 38.2 Å². The highest BCUT2D eigenvalue weighted by Gasteiger charge is 2.24. The first kappa shape index (κ1) is 22.8. The number of fused-ring (bicyclic) bond motifs is 1. The summed E-state index contributed by atoms with van der Waals surface area (Å²) >= 11 is 0. The summed E-state index contributed by atoms with van der Waals surface area (Å²) in [7, 11) is -3.87. The fourth-order valence-electron chi connectivity index (χ4n) is 4.31. The zero-order chi connectivity index (χ0) is 24.4. The number of benzene rings is 2. The lowest BCUT2D eigenvalue weighted by Gasteiger charge is -2.36. The highest BCUT2D eigenvalue weighted by atomic mass is 32.2. The Labute approximate surface area is 204 Å². The predicted molar refractivity (Wildman–Crippen MR) is 136 cm³/mol. The summed E-state index contributed by atoms with van der Waals surface area (Å²) in [6, 6.07) is 17.6. The van der Waals surface area contributed by atoms with Gasteiger partial charge >= 0.3 is 0 Å². The van der Waals surface area contributed by atoms with Crippen LogP contribution in [-0.4, -0.2) is 55.4 Å². The number of hydrogen-bond donors (Lipinski definition) is 1. The van der Waals surface area contributed by atoms with Gasteiger partial charge in [-0.05, 0) is 55.0 Å². The van der Waals surface area contributed by atoms with Gasteiger partial charge in [0.15, 0.2) is 0 Å². The predicted octanol–water partition coefficient (Wildman–Crippen LogP) is 3.70. The first-order chi connectivity index (χ1) is 16.9. The van der Waals surface area contributed by atoms with Crippen LogP contribution in [0.3, 0.4) is 0 Å². The zero-order valence-electron chi connectivity index (χ0n) is 19.3. The molecule has 1 amide bonds. The van der Waals surface area contributed by atoms with Gasteiger partial charge in [-0.15, -0.1) is 0 Å². The van der Waals surface area contributed by atoms with Crippen LogP contribution in [0.15, 0.2) is 84.1 Å². The number of sulfonamides is 1. The second kappa shape index (κ2) is 9.34. The maximum absolute atomic E-state index is 13.1. The van der Waals surface area contributed by atoms with E-state index in [2.05, 4.69) is 19.6 Å². The van der Waals surface area contributed by atoms with Crippen LogP contribution in [0.4, 0.5) is 11.4 Å². The number of aryl methyl sites for hydroxylation is 1. The van der Waals surface area contributed by atoms with Crippen LogP contribution in [0.5, 0.6) is 0 Å². The van der Waals surface area contributed by atoms with E-state index in [-0.39, 0.29) is 10.8 Å². The summed E-state index contributed by atoms with van der Waals surface area (Å²) in [5.74, 6) is -0.0601. The first-order valence-corrected chi connectivity index (χ1v) is 12.8. The van der Waals surface area contributed by atoms with Crippen molar-refractivity contribution in [3.8, 4) is 0 Å². The van der Waals surface area contributed by atoms with E-state index in [4.69, 9.17) is 0 Å². The number of piperazine rings is 1. The van der Waals surface area contributed by atoms with Gasteiger partial charge in [-0.1, -0.05) is 18.2 Å². The van der Waals surface area contributed by atoms with Crippen LogP contribution >= 0.6 is 0 Å². The lowest BCUT2D eigenvalue weighted by atomic mass is 10.1. The Morgan fingerprint density at radius 1 is 0.914 bits per heavy atom. The summed E-state index contributed by atoms with van der Waals surface area (Å²) in [5.41, 5.74) is 3.15. The normalized spacial score (nSPS) is 14.2. The molecule has 3 heterocycles. The Balaban J connectivity index is 1.30. The van der Waals surface area contributed by atoms with Crippen LogP contribution in [0, 0.1) is 6.92 Å². The van der Waals surface area contributed by atoms with Crippen molar-refractivity contribution in [2.24, 2.45) is 0 Å². The molecule has 1 aliphatic rings. The van der Waals surface area contributed by atoms with Crippen molar-refractivity contribution in [3.05, 3.63) is 90.4 Å². The fraction of sp³-hybridized carbons (Fsp3) is 0.192. The molecule has 0 unspecified atom stereocenters. The van der Waals surface area contributed by atoms with Gasteiger partial charge in [-0.25, -0.2) is 8.42 Å². The molecule has 0 saturated carbocycles. The molecular weight excluding hydrogens is 462 g/mol. The molecule has 0 bridgehead atoms. The molecule has 0 radical (unpaired) electrons. The van der Waals surface area contributed by atoms with Crippen LogP contribution in [0.25, 0.3) is 10.9 Å². The second-order valence-corrected chi connectivity index (χ2v) is 10.1. The van der Waals surface area contributed by atoms with Gasteiger partial charge in [0.1, 0.15) is 4.90 Å². The molecule has 8 nitrogen and oxygen atoms in total. The van der Waals surface area contributed by atoms with E-state index in [1.165, 1.54) is 6.07 Å². The topological polar surface area (TPSA) is 95.5 Å². The minimum Gasteiger partial charge on any atom is -0.368 e. The third-order valence-electron chi connectivity index (χ3n) is 6.20. The summed E-state index contributed by atoms with van der Waals surface area (Å²) in [6.07, 6.45) is 5.11. The van der Waals surface area contributed by atoms with E-state index < -0.39 is 10.0 Å². The van der Waals surface area contributed by atoms with Crippen molar-refractivity contribution in [2.45, 2.75) is 11.8 Å². The molecule has 2 aromatic carbocycles. The van der Waals surface area contributed by atoms with Crippen molar-refractivity contribution in [2.75, 3.05) is 35.8 Å². The SMILES string of the molecule is Cc1cc(C(=O)N2CCN(c3ccncc3)CC2)ccc1NS(=O)(=O)c1cccc2cccnc12. The van der Waals surface area contributed by atoms with Crippen molar-refractivity contribution in [3.63, 3.8) is 0 Å². The monoisotopic (exact) mass is 487 g/mol. The fourth-order valence-corrected chi connectivity index (χ4v) is 5.62. The average Bonchev–Trinajstić information content (AvgIpc) is 2.89. The Hall–Kier alpha value is -3.98. The van der Waals surface area contributed by atoms with Crippen LogP contribution in [0.2, 0.25) is 0 Å². The maximum Gasteiger partial charge on any atom is 0.264 e. The molecule has 2 aromatic heterocycles. The molecule has 0 spiro atoms.